The van der Waals surface area contributed by atoms with Crippen molar-refractivity contribution in [3.8, 4) is 0 Å². The number of carbonyl (C=O) groups is 4. The zero-order chi connectivity index (χ0) is 18.8. The summed E-state index contributed by atoms with van der Waals surface area (Å²) in [6.45, 7) is 1.41. The molecule has 0 fully saturated rings. The van der Waals surface area contributed by atoms with Crippen LogP contribution in [0.4, 0.5) is 0 Å². The van der Waals surface area contributed by atoms with Gasteiger partial charge >= 0.3 is 0 Å². The Hall–Kier alpha value is -1.82. The van der Waals surface area contributed by atoms with Crippen molar-refractivity contribution in [2.24, 2.45) is 11.5 Å². The van der Waals surface area contributed by atoms with Gasteiger partial charge in [0, 0.05) is 44.0 Å². The standard InChI is InChI=1S/C14H22N6O4S.2ClH/c1-8(21)19-11(13(16)23)6-25-14(24)10(20-12(22)2-3-15)4-9-5-17-7-18-9;;/h5,7,10-11H,2-4,6,15H2,1H3,(H2,16,23)(H,17,18)(H,19,21)(H,20,22);2*1H/t10-,11-;;/m0../s1. The van der Waals surface area contributed by atoms with Crippen LogP contribution in [0.15, 0.2) is 12.5 Å². The number of hydrogen-bond donors (Lipinski definition) is 5. The third-order valence-corrected chi connectivity index (χ3v) is 4.15. The molecule has 154 valence electrons. The first-order chi connectivity index (χ1) is 11.8. The first-order valence-electron chi connectivity index (χ1n) is 7.53. The van der Waals surface area contributed by atoms with Crippen molar-refractivity contribution in [1.29, 1.82) is 0 Å². The summed E-state index contributed by atoms with van der Waals surface area (Å²) >= 11 is 0.810. The van der Waals surface area contributed by atoms with E-state index in [2.05, 4.69) is 20.6 Å². The van der Waals surface area contributed by atoms with Gasteiger partial charge in [0.15, 0.2) is 0 Å². The lowest BCUT2D eigenvalue weighted by Gasteiger charge is -2.18. The number of carbonyl (C=O) groups excluding carboxylic acids is 4. The fourth-order valence-corrected chi connectivity index (χ4v) is 2.84. The zero-order valence-corrected chi connectivity index (χ0v) is 17.0. The molecule has 0 unspecified atom stereocenters. The minimum Gasteiger partial charge on any atom is -0.368 e. The van der Waals surface area contributed by atoms with Crippen LogP contribution >= 0.6 is 36.6 Å². The second-order valence-corrected chi connectivity index (χ2v) is 6.25. The second kappa shape index (κ2) is 14.3. The van der Waals surface area contributed by atoms with E-state index in [1.807, 2.05) is 0 Å². The summed E-state index contributed by atoms with van der Waals surface area (Å²) < 4.78 is 0. The predicted molar refractivity (Wildman–Crippen MR) is 107 cm³/mol. The van der Waals surface area contributed by atoms with Gasteiger partial charge in [-0.3, -0.25) is 19.2 Å². The highest BCUT2D eigenvalue weighted by molar-refractivity contribution is 8.13. The van der Waals surface area contributed by atoms with Gasteiger partial charge in [-0.25, -0.2) is 4.98 Å². The molecule has 13 heteroatoms. The van der Waals surface area contributed by atoms with E-state index in [-0.39, 0.29) is 61.0 Å². The fourth-order valence-electron chi connectivity index (χ4n) is 1.91. The van der Waals surface area contributed by atoms with Crippen LogP contribution in [0.5, 0.6) is 0 Å². The molecule has 0 aliphatic carbocycles. The number of nitrogens with two attached hydrogens (primary N) is 2. The maximum absolute atomic E-state index is 12.4. The smallest absolute Gasteiger partial charge is 0.240 e. The molecule has 7 N–H and O–H groups in total. The van der Waals surface area contributed by atoms with E-state index >= 15 is 0 Å². The summed E-state index contributed by atoms with van der Waals surface area (Å²) in [5.74, 6) is -1.55. The topological polar surface area (TPSA) is 173 Å². The van der Waals surface area contributed by atoms with Crippen molar-refractivity contribution in [3.05, 3.63) is 18.2 Å². The molecule has 1 aromatic heterocycles. The van der Waals surface area contributed by atoms with Crippen LogP contribution in [0.2, 0.25) is 0 Å². The summed E-state index contributed by atoms with van der Waals surface area (Å²) in [4.78, 5) is 53.3. The van der Waals surface area contributed by atoms with E-state index in [9.17, 15) is 19.2 Å². The van der Waals surface area contributed by atoms with Crippen LogP contribution in [-0.2, 0) is 25.6 Å². The highest BCUT2D eigenvalue weighted by Gasteiger charge is 2.25. The van der Waals surface area contributed by atoms with E-state index in [1.165, 1.54) is 13.3 Å². The van der Waals surface area contributed by atoms with E-state index in [0.717, 1.165) is 11.8 Å². The molecular weight excluding hydrogens is 419 g/mol. The van der Waals surface area contributed by atoms with E-state index < -0.39 is 23.9 Å². The maximum Gasteiger partial charge on any atom is 0.240 e. The Kier molecular flexibility index (Phi) is 14.5. The average molecular weight is 443 g/mol. The second-order valence-electron chi connectivity index (χ2n) is 5.23. The number of H-pyrrole nitrogens is 1. The van der Waals surface area contributed by atoms with Crippen molar-refractivity contribution >= 4 is 59.4 Å². The molecule has 0 aliphatic rings. The number of aromatic amines is 1. The van der Waals surface area contributed by atoms with Crippen LogP contribution in [0.3, 0.4) is 0 Å². The molecule has 0 aliphatic heterocycles. The number of thioether (sulfide) groups is 1. The van der Waals surface area contributed by atoms with Gasteiger partial charge in [0.1, 0.15) is 12.1 Å². The lowest BCUT2D eigenvalue weighted by molar-refractivity contribution is -0.125. The van der Waals surface area contributed by atoms with Crippen molar-refractivity contribution in [3.63, 3.8) is 0 Å². The van der Waals surface area contributed by atoms with Gasteiger partial charge in [-0.15, -0.1) is 24.8 Å². The molecule has 0 saturated heterocycles. The highest BCUT2D eigenvalue weighted by atomic mass is 35.5. The minimum atomic E-state index is -0.973. The molecule has 0 spiro atoms. The summed E-state index contributed by atoms with van der Waals surface area (Å²) in [6.07, 6.45) is 3.31. The van der Waals surface area contributed by atoms with Gasteiger partial charge in [-0.05, 0) is 0 Å². The van der Waals surface area contributed by atoms with Crippen LogP contribution in [0.1, 0.15) is 19.0 Å². The molecule has 10 nitrogen and oxygen atoms in total. The Labute approximate surface area is 173 Å². The summed E-state index contributed by atoms with van der Waals surface area (Å²) in [5.41, 5.74) is 11.2. The number of nitrogens with zero attached hydrogens (tertiary/aromatic N) is 1. The van der Waals surface area contributed by atoms with Crippen molar-refractivity contribution < 1.29 is 19.2 Å². The van der Waals surface area contributed by atoms with Gasteiger partial charge in [-0.1, -0.05) is 11.8 Å². The molecule has 3 amide bonds. The third-order valence-electron chi connectivity index (χ3n) is 3.08. The minimum absolute atomic E-state index is 0. The fraction of sp³-hybridized carbons (Fsp3) is 0.500. The number of primary amides is 1. The number of imidazole rings is 1. The van der Waals surface area contributed by atoms with E-state index in [0.29, 0.717) is 5.69 Å². The Morgan fingerprint density at radius 2 is 1.89 bits per heavy atom. The SMILES string of the molecule is CC(=O)N[C@@H](CSC(=O)[C@H](Cc1cnc[nH]1)NC(=O)CCN)C(N)=O.Cl.Cl. The lowest BCUT2D eigenvalue weighted by Crippen LogP contribution is -2.46. The van der Waals surface area contributed by atoms with Crippen molar-refractivity contribution in [2.45, 2.75) is 31.8 Å². The summed E-state index contributed by atoms with van der Waals surface area (Å²) in [7, 11) is 0. The third kappa shape index (κ3) is 10.8. The molecule has 27 heavy (non-hydrogen) atoms. The molecule has 1 heterocycles. The van der Waals surface area contributed by atoms with Crippen molar-refractivity contribution in [2.75, 3.05) is 12.3 Å². The Morgan fingerprint density at radius 3 is 2.37 bits per heavy atom. The Bertz CT molecular complexity index is 617. The first kappa shape index (κ1) is 27.4. The van der Waals surface area contributed by atoms with Gasteiger partial charge in [0.25, 0.3) is 0 Å². The molecule has 1 rings (SSSR count). The molecule has 1 aromatic rings. The number of halogens is 2. The highest BCUT2D eigenvalue weighted by Crippen LogP contribution is 2.12. The molecule has 0 aromatic carbocycles. The van der Waals surface area contributed by atoms with E-state index in [1.54, 1.807) is 6.20 Å². The molecule has 0 saturated carbocycles. The first-order valence-corrected chi connectivity index (χ1v) is 8.51. The summed E-state index contributed by atoms with van der Waals surface area (Å²) in [6, 6.07) is -1.80. The number of nitrogens with one attached hydrogen (secondary N) is 3. The van der Waals surface area contributed by atoms with Crippen molar-refractivity contribution in [1.82, 2.24) is 20.6 Å². The Morgan fingerprint density at radius 1 is 1.22 bits per heavy atom. The van der Waals surface area contributed by atoms with Crippen LogP contribution in [-0.4, -0.2) is 57.2 Å². The van der Waals surface area contributed by atoms with Crippen LogP contribution < -0.4 is 22.1 Å². The van der Waals surface area contributed by atoms with Gasteiger partial charge < -0.3 is 27.1 Å². The number of aromatic nitrogens is 2. The summed E-state index contributed by atoms with van der Waals surface area (Å²) in [5, 5.41) is 4.62. The lowest BCUT2D eigenvalue weighted by atomic mass is 10.2. The zero-order valence-electron chi connectivity index (χ0n) is 14.6. The number of hydrogen-bond acceptors (Lipinski definition) is 7. The largest absolute Gasteiger partial charge is 0.368 e. The Balaban J connectivity index is 0. The monoisotopic (exact) mass is 442 g/mol. The quantitative estimate of drug-likeness (QED) is 0.304. The molecule has 0 bridgehead atoms. The molecular formula is C14H24Cl2N6O4S. The van der Waals surface area contributed by atoms with Crippen LogP contribution in [0.25, 0.3) is 0 Å². The molecule has 0 radical (unpaired) electrons. The average Bonchev–Trinajstić information content (AvgIpc) is 3.03. The number of rotatable bonds is 10. The van der Waals surface area contributed by atoms with E-state index in [4.69, 9.17) is 11.5 Å². The van der Waals surface area contributed by atoms with Gasteiger partial charge in [0.05, 0.1) is 6.33 Å². The predicted octanol–water partition coefficient (Wildman–Crippen LogP) is -1.12. The maximum atomic E-state index is 12.4. The number of amides is 3. The van der Waals surface area contributed by atoms with Gasteiger partial charge in [0.2, 0.25) is 22.8 Å². The molecule has 2 atom stereocenters. The normalized spacial score (nSPS) is 11.9. The van der Waals surface area contributed by atoms with Crippen LogP contribution in [0, 0.1) is 0 Å². The van der Waals surface area contributed by atoms with Gasteiger partial charge in [-0.2, -0.15) is 0 Å².